The second-order valence-electron chi connectivity index (χ2n) is 7.91. The van der Waals surface area contributed by atoms with Crippen LogP contribution in [0.4, 0.5) is 9.39 Å². The highest BCUT2D eigenvalue weighted by Crippen LogP contribution is 2.29. The van der Waals surface area contributed by atoms with Crippen molar-refractivity contribution in [3.63, 3.8) is 0 Å². The fraction of sp³-hybridized carbons (Fsp3) is 0.364. The number of carbonyl (C=O) groups excluding carboxylic acids is 4. The Morgan fingerprint density at radius 2 is 1.70 bits per heavy atom. The monoisotopic (exact) mass is 494 g/mol. The van der Waals surface area contributed by atoms with Crippen LogP contribution in [-0.2, 0) is 9.59 Å². The number of carbonyl (C=O) groups is 4. The van der Waals surface area contributed by atoms with Crippen molar-refractivity contribution in [2.75, 3.05) is 31.5 Å². The molecule has 0 spiro atoms. The molecular weight excluding hydrogens is 471 g/mol. The summed E-state index contributed by atoms with van der Waals surface area (Å²) in [4.78, 5) is 53.2. The van der Waals surface area contributed by atoms with E-state index in [2.05, 4.69) is 10.6 Å². The molecule has 2 aromatic rings. The fourth-order valence-electron chi connectivity index (χ4n) is 3.33. The molecule has 0 radical (unpaired) electrons. The first-order chi connectivity index (χ1) is 15.6. The van der Waals surface area contributed by atoms with Crippen LogP contribution < -0.4 is 10.6 Å². The van der Waals surface area contributed by atoms with Crippen LogP contribution in [0.25, 0.3) is 0 Å². The molecule has 0 bridgehead atoms. The van der Waals surface area contributed by atoms with Crippen molar-refractivity contribution in [3.8, 4) is 0 Å². The van der Waals surface area contributed by atoms with Crippen LogP contribution in [0.2, 0.25) is 5.02 Å². The first-order valence-electron chi connectivity index (χ1n) is 10.3. The largest absolute Gasteiger partial charge is 0.346 e. The zero-order valence-electron chi connectivity index (χ0n) is 18.4. The van der Waals surface area contributed by atoms with E-state index in [1.54, 1.807) is 31.7 Å². The van der Waals surface area contributed by atoms with E-state index in [1.807, 2.05) is 0 Å². The quantitative estimate of drug-likeness (QED) is 0.638. The molecule has 1 aromatic heterocycles. The van der Waals surface area contributed by atoms with Gasteiger partial charge in [-0.1, -0.05) is 11.6 Å². The van der Waals surface area contributed by atoms with E-state index < -0.39 is 23.5 Å². The minimum absolute atomic E-state index is 0.00780. The Kier molecular flexibility index (Phi) is 7.70. The fourth-order valence-corrected chi connectivity index (χ4v) is 4.62. The second kappa shape index (κ2) is 10.3. The summed E-state index contributed by atoms with van der Waals surface area (Å²) in [6.07, 6.45) is 0. The van der Waals surface area contributed by atoms with Gasteiger partial charge in [-0.05, 0) is 50.6 Å². The van der Waals surface area contributed by atoms with Crippen LogP contribution in [0, 0.1) is 12.7 Å². The van der Waals surface area contributed by atoms with Crippen molar-refractivity contribution < 1.29 is 23.6 Å². The topological polar surface area (TPSA) is 98.8 Å². The summed E-state index contributed by atoms with van der Waals surface area (Å²) < 4.78 is 13.2. The van der Waals surface area contributed by atoms with Gasteiger partial charge < -0.3 is 20.4 Å². The molecular formula is C22H24ClFN4O4S. The molecule has 0 atom stereocenters. The SMILES string of the molecule is Cc1cc(NC(=O)c2ccc(F)cc2Cl)sc1C(=O)N1CCN(C(=O)C(=O)NC(C)C)CC1. The lowest BCUT2D eigenvalue weighted by molar-refractivity contribution is -0.147. The number of thiophene rings is 1. The Bertz CT molecular complexity index is 1100. The van der Waals surface area contributed by atoms with E-state index >= 15 is 0 Å². The van der Waals surface area contributed by atoms with Crippen LogP contribution in [0.1, 0.15) is 39.4 Å². The lowest BCUT2D eigenvalue weighted by Gasteiger charge is -2.34. The third-order valence-electron chi connectivity index (χ3n) is 4.99. The van der Waals surface area contributed by atoms with Crippen LogP contribution >= 0.6 is 22.9 Å². The number of nitrogens with one attached hydrogen (secondary N) is 2. The van der Waals surface area contributed by atoms with Gasteiger partial charge in [0, 0.05) is 32.2 Å². The molecule has 1 aliphatic heterocycles. The molecule has 2 heterocycles. The number of amides is 4. The van der Waals surface area contributed by atoms with Crippen molar-refractivity contribution >= 4 is 51.6 Å². The maximum atomic E-state index is 13.2. The molecule has 2 N–H and O–H groups in total. The molecule has 11 heteroatoms. The van der Waals surface area contributed by atoms with Crippen LogP contribution in [0.15, 0.2) is 24.3 Å². The van der Waals surface area contributed by atoms with Crippen LogP contribution in [-0.4, -0.2) is 65.6 Å². The number of hydrogen-bond acceptors (Lipinski definition) is 5. The Balaban J connectivity index is 1.62. The molecule has 33 heavy (non-hydrogen) atoms. The molecule has 3 rings (SSSR count). The third-order valence-corrected chi connectivity index (χ3v) is 6.45. The number of anilines is 1. The number of hydrogen-bond donors (Lipinski definition) is 2. The molecule has 4 amide bonds. The Morgan fingerprint density at radius 3 is 2.30 bits per heavy atom. The van der Waals surface area contributed by atoms with E-state index in [1.165, 1.54) is 11.0 Å². The Morgan fingerprint density at radius 1 is 1.06 bits per heavy atom. The zero-order valence-corrected chi connectivity index (χ0v) is 20.0. The van der Waals surface area contributed by atoms with Crippen LogP contribution in [0.3, 0.4) is 0 Å². The lowest BCUT2D eigenvalue weighted by Crippen LogP contribution is -2.54. The molecule has 0 saturated carbocycles. The predicted octanol–water partition coefficient (Wildman–Crippen LogP) is 2.91. The number of nitrogens with zero attached hydrogens (tertiary/aromatic N) is 2. The van der Waals surface area contributed by atoms with E-state index in [4.69, 9.17) is 11.6 Å². The van der Waals surface area contributed by atoms with E-state index in [0.29, 0.717) is 28.5 Å². The molecule has 0 aliphatic carbocycles. The molecule has 0 unspecified atom stereocenters. The maximum absolute atomic E-state index is 13.2. The summed E-state index contributed by atoms with van der Waals surface area (Å²) in [5, 5.41) is 5.72. The molecule has 1 aliphatic rings. The standard InChI is InChI=1S/C22H24ClFN4O4S/c1-12(2)25-20(30)22(32)28-8-6-27(7-9-28)21(31)18-13(3)10-17(33-18)26-19(29)15-5-4-14(24)11-16(15)23/h4-5,10-12H,6-9H2,1-3H3,(H,25,30)(H,26,29). The molecule has 8 nitrogen and oxygen atoms in total. The second-order valence-corrected chi connectivity index (χ2v) is 9.37. The molecule has 176 valence electrons. The summed E-state index contributed by atoms with van der Waals surface area (Å²) in [6, 6.07) is 5.04. The lowest BCUT2D eigenvalue weighted by atomic mass is 10.2. The van der Waals surface area contributed by atoms with Gasteiger partial charge in [-0.3, -0.25) is 19.2 Å². The highest BCUT2D eigenvalue weighted by atomic mass is 35.5. The van der Waals surface area contributed by atoms with E-state index in [9.17, 15) is 23.6 Å². The maximum Gasteiger partial charge on any atom is 0.312 e. The minimum atomic E-state index is -0.652. The smallest absolute Gasteiger partial charge is 0.312 e. The minimum Gasteiger partial charge on any atom is -0.346 e. The predicted molar refractivity (Wildman–Crippen MR) is 124 cm³/mol. The van der Waals surface area contributed by atoms with Gasteiger partial charge in [-0.15, -0.1) is 11.3 Å². The van der Waals surface area contributed by atoms with Gasteiger partial charge in [0.05, 0.1) is 20.5 Å². The van der Waals surface area contributed by atoms with Crippen molar-refractivity contribution in [1.29, 1.82) is 0 Å². The van der Waals surface area contributed by atoms with Gasteiger partial charge in [0.1, 0.15) is 5.82 Å². The summed E-state index contributed by atoms with van der Waals surface area (Å²) in [5.41, 5.74) is 0.819. The van der Waals surface area contributed by atoms with Crippen molar-refractivity contribution in [2.45, 2.75) is 26.8 Å². The van der Waals surface area contributed by atoms with Crippen molar-refractivity contribution in [2.24, 2.45) is 0 Å². The number of benzene rings is 1. The zero-order chi connectivity index (χ0) is 24.3. The van der Waals surface area contributed by atoms with Gasteiger partial charge in [0.25, 0.3) is 11.8 Å². The summed E-state index contributed by atoms with van der Waals surface area (Å²) in [6.45, 7) is 6.42. The molecule has 1 fully saturated rings. The average Bonchev–Trinajstić information content (AvgIpc) is 3.12. The van der Waals surface area contributed by atoms with Crippen LogP contribution in [0.5, 0.6) is 0 Å². The van der Waals surface area contributed by atoms with Gasteiger partial charge in [0.2, 0.25) is 0 Å². The normalized spacial score (nSPS) is 13.8. The van der Waals surface area contributed by atoms with Gasteiger partial charge in [-0.25, -0.2) is 4.39 Å². The average molecular weight is 495 g/mol. The number of rotatable bonds is 4. The highest BCUT2D eigenvalue weighted by molar-refractivity contribution is 7.18. The Labute approximate surface area is 199 Å². The Hall–Kier alpha value is -2.98. The molecule has 1 aromatic carbocycles. The molecule has 1 saturated heterocycles. The number of halogens is 2. The van der Waals surface area contributed by atoms with Crippen molar-refractivity contribution in [1.82, 2.24) is 15.1 Å². The summed E-state index contributed by atoms with van der Waals surface area (Å²) in [5.74, 6) is -2.52. The highest BCUT2D eigenvalue weighted by Gasteiger charge is 2.29. The first-order valence-corrected chi connectivity index (χ1v) is 11.5. The van der Waals surface area contributed by atoms with Gasteiger partial charge in [-0.2, -0.15) is 0 Å². The first kappa shape index (κ1) is 24.7. The summed E-state index contributed by atoms with van der Waals surface area (Å²) >= 11 is 7.07. The summed E-state index contributed by atoms with van der Waals surface area (Å²) in [7, 11) is 0. The number of piperazine rings is 1. The number of aryl methyl sites for hydroxylation is 1. The van der Waals surface area contributed by atoms with E-state index in [-0.39, 0.29) is 35.6 Å². The van der Waals surface area contributed by atoms with Gasteiger partial charge in [0.15, 0.2) is 0 Å². The van der Waals surface area contributed by atoms with Crippen molar-refractivity contribution in [3.05, 3.63) is 51.1 Å². The van der Waals surface area contributed by atoms with Gasteiger partial charge >= 0.3 is 11.8 Å². The third kappa shape index (κ3) is 5.88. The van der Waals surface area contributed by atoms with E-state index in [0.717, 1.165) is 23.5 Å².